The Kier molecular flexibility index (Phi) is 3.26. The van der Waals surface area contributed by atoms with E-state index in [9.17, 15) is 9.59 Å². The third kappa shape index (κ3) is 2.37. The van der Waals surface area contributed by atoms with Crippen molar-refractivity contribution in [1.82, 2.24) is 5.32 Å². The van der Waals surface area contributed by atoms with Crippen LogP contribution in [0.4, 0.5) is 10.5 Å². The van der Waals surface area contributed by atoms with Crippen LogP contribution < -0.4 is 10.2 Å². The molecule has 90 valence electrons. The van der Waals surface area contributed by atoms with Crippen LogP contribution in [-0.2, 0) is 4.79 Å². The second-order valence-electron chi connectivity index (χ2n) is 3.81. The molecule has 0 atom stereocenters. The summed E-state index contributed by atoms with van der Waals surface area (Å²) >= 11 is 12.1. The van der Waals surface area contributed by atoms with Crippen molar-refractivity contribution in [1.29, 1.82) is 0 Å². The standard InChI is InChI=1S/C11H10Cl2N2O2/c1-6-4-8(13)9(5-7(6)12)15-3-2-10(16)14-11(15)17/h4-5H,2-3H2,1H3,(H,14,16,17). The summed E-state index contributed by atoms with van der Waals surface area (Å²) in [4.78, 5) is 24.1. The largest absolute Gasteiger partial charge is 0.328 e. The summed E-state index contributed by atoms with van der Waals surface area (Å²) in [5.41, 5.74) is 1.36. The maximum absolute atomic E-state index is 11.6. The number of hydrogen-bond donors (Lipinski definition) is 1. The molecule has 1 aliphatic heterocycles. The molecule has 4 nitrogen and oxygen atoms in total. The van der Waals surface area contributed by atoms with Gasteiger partial charge in [0.05, 0.1) is 10.7 Å². The minimum Gasteiger partial charge on any atom is -0.292 e. The molecule has 17 heavy (non-hydrogen) atoms. The van der Waals surface area contributed by atoms with Gasteiger partial charge in [0.15, 0.2) is 0 Å². The summed E-state index contributed by atoms with van der Waals surface area (Å²) in [6, 6.07) is 2.86. The van der Waals surface area contributed by atoms with E-state index in [0.717, 1.165) is 5.56 Å². The number of imide groups is 1. The molecule has 1 saturated heterocycles. The summed E-state index contributed by atoms with van der Waals surface area (Å²) < 4.78 is 0. The average molecular weight is 273 g/mol. The van der Waals surface area contributed by atoms with Crippen LogP contribution in [0.3, 0.4) is 0 Å². The lowest BCUT2D eigenvalue weighted by Crippen LogP contribution is -2.49. The maximum Gasteiger partial charge on any atom is 0.328 e. The predicted octanol–water partition coefficient (Wildman–Crippen LogP) is 2.75. The fourth-order valence-electron chi connectivity index (χ4n) is 1.64. The van der Waals surface area contributed by atoms with Crippen molar-refractivity contribution in [3.8, 4) is 0 Å². The van der Waals surface area contributed by atoms with Crippen LogP contribution in [0.5, 0.6) is 0 Å². The fourth-order valence-corrected chi connectivity index (χ4v) is 2.11. The van der Waals surface area contributed by atoms with Gasteiger partial charge in [-0.2, -0.15) is 0 Å². The van der Waals surface area contributed by atoms with Gasteiger partial charge in [0.2, 0.25) is 5.91 Å². The van der Waals surface area contributed by atoms with Crippen molar-refractivity contribution in [2.45, 2.75) is 13.3 Å². The maximum atomic E-state index is 11.6. The lowest BCUT2D eigenvalue weighted by Gasteiger charge is -2.27. The first-order valence-electron chi connectivity index (χ1n) is 5.06. The zero-order valence-electron chi connectivity index (χ0n) is 9.09. The van der Waals surface area contributed by atoms with E-state index < -0.39 is 6.03 Å². The molecule has 1 heterocycles. The zero-order chi connectivity index (χ0) is 12.6. The SMILES string of the molecule is Cc1cc(Cl)c(N2CCC(=O)NC2=O)cc1Cl. The van der Waals surface area contributed by atoms with Gasteiger partial charge in [0.25, 0.3) is 0 Å². The summed E-state index contributed by atoms with van der Waals surface area (Å²) in [5, 5.41) is 3.21. The number of carbonyl (C=O) groups is 2. The van der Waals surface area contributed by atoms with Gasteiger partial charge in [-0.3, -0.25) is 15.0 Å². The molecule has 1 aromatic carbocycles. The van der Waals surface area contributed by atoms with Gasteiger partial charge >= 0.3 is 6.03 Å². The molecule has 0 saturated carbocycles. The molecule has 6 heteroatoms. The highest BCUT2D eigenvalue weighted by molar-refractivity contribution is 6.36. The van der Waals surface area contributed by atoms with Crippen molar-refractivity contribution >= 4 is 40.8 Å². The van der Waals surface area contributed by atoms with Gasteiger partial charge in [-0.05, 0) is 24.6 Å². The van der Waals surface area contributed by atoms with Gasteiger partial charge in [-0.25, -0.2) is 4.79 Å². The van der Waals surface area contributed by atoms with Crippen LogP contribution in [0.2, 0.25) is 10.0 Å². The van der Waals surface area contributed by atoms with E-state index >= 15 is 0 Å². The molecule has 0 aromatic heterocycles. The molecule has 0 spiro atoms. The highest BCUT2D eigenvalue weighted by Gasteiger charge is 2.26. The van der Waals surface area contributed by atoms with Gasteiger partial charge in [0.1, 0.15) is 0 Å². The molecule has 1 N–H and O–H groups in total. The van der Waals surface area contributed by atoms with Gasteiger partial charge in [-0.15, -0.1) is 0 Å². The average Bonchev–Trinajstić information content (AvgIpc) is 2.24. The Balaban J connectivity index is 2.37. The minimum atomic E-state index is -0.469. The van der Waals surface area contributed by atoms with Crippen molar-refractivity contribution in [3.05, 3.63) is 27.7 Å². The first kappa shape index (κ1) is 12.2. The Bertz CT molecular complexity index is 502. The van der Waals surface area contributed by atoms with E-state index in [1.807, 2.05) is 6.92 Å². The number of rotatable bonds is 1. The molecule has 0 unspecified atom stereocenters. The first-order chi connectivity index (χ1) is 7.99. The topological polar surface area (TPSA) is 49.4 Å². The van der Waals surface area contributed by atoms with E-state index in [-0.39, 0.29) is 12.3 Å². The lowest BCUT2D eigenvalue weighted by molar-refractivity contribution is -0.120. The molecule has 0 radical (unpaired) electrons. The summed E-state index contributed by atoms with van der Waals surface area (Å²) in [6.45, 7) is 2.14. The highest BCUT2D eigenvalue weighted by atomic mass is 35.5. The second kappa shape index (κ2) is 4.55. The van der Waals surface area contributed by atoms with Crippen molar-refractivity contribution in [2.75, 3.05) is 11.4 Å². The van der Waals surface area contributed by atoms with Crippen LogP contribution in [-0.4, -0.2) is 18.5 Å². The number of anilines is 1. The van der Waals surface area contributed by atoms with Crippen LogP contribution in [0.25, 0.3) is 0 Å². The highest BCUT2D eigenvalue weighted by Crippen LogP contribution is 2.32. The first-order valence-corrected chi connectivity index (χ1v) is 5.81. The number of aryl methyl sites for hydroxylation is 1. The van der Waals surface area contributed by atoms with Crippen molar-refractivity contribution < 1.29 is 9.59 Å². The second-order valence-corrected chi connectivity index (χ2v) is 4.62. The van der Waals surface area contributed by atoms with E-state index in [0.29, 0.717) is 22.3 Å². The van der Waals surface area contributed by atoms with Gasteiger partial charge in [-0.1, -0.05) is 23.2 Å². The van der Waals surface area contributed by atoms with Crippen molar-refractivity contribution in [2.24, 2.45) is 0 Å². The molecule has 2 rings (SSSR count). The summed E-state index contributed by atoms with van der Waals surface area (Å²) in [5.74, 6) is -0.277. The number of hydrogen-bond acceptors (Lipinski definition) is 2. The number of nitrogens with one attached hydrogen (secondary N) is 1. The van der Waals surface area contributed by atoms with E-state index in [2.05, 4.69) is 5.32 Å². The van der Waals surface area contributed by atoms with Crippen molar-refractivity contribution in [3.63, 3.8) is 0 Å². The Morgan fingerprint density at radius 3 is 2.59 bits per heavy atom. The molecule has 1 aromatic rings. The quantitative estimate of drug-likeness (QED) is 0.855. The molecular weight excluding hydrogens is 263 g/mol. The Morgan fingerprint density at radius 1 is 1.24 bits per heavy atom. The number of benzene rings is 1. The third-order valence-electron chi connectivity index (χ3n) is 2.57. The van der Waals surface area contributed by atoms with Crippen LogP contribution in [0.1, 0.15) is 12.0 Å². The monoisotopic (exact) mass is 272 g/mol. The normalized spacial score (nSPS) is 16.1. The number of amides is 3. The van der Waals surface area contributed by atoms with E-state index in [4.69, 9.17) is 23.2 Å². The molecular formula is C11H10Cl2N2O2. The Hall–Kier alpha value is -1.26. The Morgan fingerprint density at radius 2 is 1.94 bits per heavy atom. The van der Waals surface area contributed by atoms with E-state index in [1.165, 1.54) is 4.90 Å². The fraction of sp³-hybridized carbons (Fsp3) is 0.273. The molecule has 1 aliphatic rings. The number of nitrogens with zero attached hydrogens (tertiary/aromatic N) is 1. The van der Waals surface area contributed by atoms with Crippen LogP contribution in [0.15, 0.2) is 12.1 Å². The molecule has 3 amide bonds. The van der Waals surface area contributed by atoms with Crippen LogP contribution >= 0.6 is 23.2 Å². The smallest absolute Gasteiger partial charge is 0.292 e. The Labute approximate surface area is 108 Å². The predicted molar refractivity (Wildman–Crippen MR) is 66.7 cm³/mol. The summed E-state index contributed by atoms with van der Waals surface area (Å²) in [6.07, 6.45) is 0.258. The lowest BCUT2D eigenvalue weighted by atomic mass is 10.2. The molecule has 0 aliphatic carbocycles. The number of urea groups is 1. The van der Waals surface area contributed by atoms with Gasteiger partial charge in [0, 0.05) is 18.0 Å². The zero-order valence-corrected chi connectivity index (χ0v) is 10.6. The van der Waals surface area contributed by atoms with E-state index in [1.54, 1.807) is 12.1 Å². The third-order valence-corrected chi connectivity index (χ3v) is 3.28. The number of halogens is 2. The number of carbonyl (C=O) groups excluding carboxylic acids is 2. The minimum absolute atomic E-state index is 0.258. The molecule has 1 fully saturated rings. The van der Waals surface area contributed by atoms with Crippen LogP contribution in [0, 0.1) is 6.92 Å². The van der Waals surface area contributed by atoms with Gasteiger partial charge < -0.3 is 0 Å². The summed E-state index contributed by atoms with van der Waals surface area (Å²) in [7, 11) is 0. The molecule has 0 bridgehead atoms.